The molecule has 6 nitrogen and oxygen atoms in total. The summed E-state index contributed by atoms with van der Waals surface area (Å²) in [6, 6.07) is 23.4. The number of anilines is 1. The molecule has 1 aromatic heterocycles. The Morgan fingerprint density at radius 3 is 2.50 bits per heavy atom. The molecule has 1 aliphatic heterocycles. The first-order valence-electron chi connectivity index (χ1n) is 9.26. The number of rotatable bonds is 6. The predicted molar refractivity (Wildman–Crippen MR) is 107 cm³/mol. The van der Waals surface area contributed by atoms with Crippen LogP contribution in [0.1, 0.15) is 17.2 Å². The first-order valence-corrected chi connectivity index (χ1v) is 9.26. The van der Waals surface area contributed by atoms with E-state index in [4.69, 9.17) is 4.74 Å². The molecule has 2 aromatic carbocycles. The van der Waals surface area contributed by atoms with Crippen LogP contribution in [0.5, 0.6) is 5.88 Å². The maximum Gasteiger partial charge on any atom is 0.230 e. The summed E-state index contributed by atoms with van der Waals surface area (Å²) >= 11 is 0. The van der Waals surface area contributed by atoms with Gasteiger partial charge in [-0.1, -0.05) is 60.7 Å². The Labute approximate surface area is 163 Å². The Morgan fingerprint density at radius 2 is 1.79 bits per heavy atom. The largest absolute Gasteiger partial charge is 0.473 e. The van der Waals surface area contributed by atoms with Crippen molar-refractivity contribution in [3.63, 3.8) is 0 Å². The number of aromatic nitrogens is 1. The standard InChI is InChI=1S/C22H22N4O2/c27-22(19-14-24-26-21(19)17-9-5-2-6-10-17)25-18-11-12-20(23-13-18)28-15-16-7-3-1-4-8-16/h1-13,19,21,24,26H,14-15H2,(H,25,27). The zero-order chi connectivity index (χ0) is 19.2. The second-order valence-corrected chi connectivity index (χ2v) is 6.67. The summed E-state index contributed by atoms with van der Waals surface area (Å²) in [4.78, 5) is 17.0. The lowest BCUT2D eigenvalue weighted by molar-refractivity contribution is -0.119. The minimum absolute atomic E-state index is 0.0499. The van der Waals surface area contributed by atoms with E-state index in [9.17, 15) is 4.79 Å². The molecule has 2 atom stereocenters. The van der Waals surface area contributed by atoms with Gasteiger partial charge in [0.05, 0.1) is 23.8 Å². The molecule has 1 amide bonds. The maximum absolute atomic E-state index is 12.7. The van der Waals surface area contributed by atoms with Crippen molar-refractivity contribution in [3.05, 3.63) is 90.1 Å². The number of hydrazine groups is 1. The Kier molecular flexibility index (Phi) is 5.61. The molecule has 3 N–H and O–H groups in total. The molecule has 4 rings (SSSR count). The molecular formula is C22H22N4O2. The van der Waals surface area contributed by atoms with Gasteiger partial charge in [0.25, 0.3) is 0 Å². The fraction of sp³-hybridized carbons (Fsp3) is 0.182. The molecule has 28 heavy (non-hydrogen) atoms. The highest BCUT2D eigenvalue weighted by Gasteiger charge is 2.33. The van der Waals surface area contributed by atoms with Crippen LogP contribution in [0.3, 0.4) is 0 Å². The number of nitrogens with one attached hydrogen (secondary N) is 3. The van der Waals surface area contributed by atoms with Gasteiger partial charge in [-0.2, -0.15) is 0 Å². The number of hydrogen-bond acceptors (Lipinski definition) is 5. The van der Waals surface area contributed by atoms with Crippen LogP contribution in [-0.4, -0.2) is 17.4 Å². The number of carbonyl (C=O) groups excluding carboxylic acids is 1. The molecule has 0 spiro atoms. The van der Waals surface area contributed by atoms with E-state index in [0.29, 0.717) is 24.7 Å². The smallest absolute Gasteiger partial charge is 0.230 e. The first kappa shape index (κ1) is 18.2. The summed E-state index contributed by atoms with van der Waals surface area (Å²) in [7, 11) is 0. The van der Waals surface area contributed by atoms with E-state index >= 15 is 0 Å². The number of benzene rings is 2. The highest BCUT2D eigenvalue weighted by Crippen LogP contribution is 2.26. The van der Waals surface area contributed by atoms with Gasteiger partial charge < -0.3 is 10.1 Å². The Morgan fingerprint density at radius 1 is 1.04 bits per heavy atom. The lowest BCUT2D eigenvalue weighted by Crippen LogP contribution is -2.29. The van der Waals surface area contributed by atoms with Gasteiger partial charge >= 0.3 is 0 Å². The normalized spacial score (nSPS) is 18.6. The Hall–Kier alpha value is -3.22. The monoisotopic (exact) mass is 374 g/mol. The van der Waals surface area contributed by atoms with Crippen molar-refractivity contribution in [2.75, 3.05) is 11.9 Å². The van der Waals surface area contributed by atoms with Gasteiger partial charge in [0, 0.05) is 12.6 Å². The molecule has 0 radical (unpaired) electrons. The van der Waals surface area contributed by atoms with Crippen LogP contribution in [0.4, 0.5) is 5.69 Å². The van der Waals surface area contributed by atoms with Crippen molar-refractivity contribution in [3.8, 4) is 5.88 Å². The average molecular weight is 374 g/mol. The quantitative estimate of drug-likeness (QED) is 0.618. The number of pyridine rings is 1. The Balaban J connectivity index is 1.35. The zero-order valence-electron chi connectivity index (χ0n) is 15.3. The molecule has 0 aliphatic carbocycles. The first-order chi connectivity index (χ1) is 13.8. The molecule has 0 bridgehead atoms. The van der Waals surface area contributed by atoms with E-state index in [1.807, 2.05) is 60.7 Å². The van der Waals surface area contributed by atoms with Crippen LogP contribution in [0.2, 0.25) is 0 Å². The van der Waals surface area contributed by atoms with Crippen molar-refractivity contribution in [2.24, 2.45) is 5.92 Å². The summed E-state index contributed by atoms with van der Waals surface area (Å²) < 4.78 is 5.68. The topological polar surface area (TPSA) is 75.3 Å². The zero-order valence-corrected chi connectivity index (χ0v) is 15.3. The fourth-order valence-corrected chi connectivity index (χ4v) is 3.22. The number of ether oxygens (including phenoxy) is 1. The molecule has 142 valence electrons. The molecule has 0 saturated carbocycles. The lowest BCUT2D eigenvalue weighted by Gasteiger charge is -2.18. The van der Waals surface area contributed by atoms with Crippen LogP contribution < -0.4 is 20.9 Å². The highest BCUT2D eigenvalue weighted by atomic mass is 16.5. The molecular weight excluding hydrogens is 352 g/mol. The number of nitrogens with zero attached hydrogens (tertiary/aromatic N) is 1. The second-order valence-electron chi connectivity index (χ2n) is 6.67. The van der Waals surface area contributed by atoms with Gasteiger partial charge in [0.1, 0.15) is 6.61 Å². The molecule has 6 heteroatoms. The van der Waals surface area contributed by atoms with Crippen LogP contribution in [0.15, 0.2) is 79.0 Å². The lowest BCUT2D eigenvalue weighted by atomic mass is 9.94. The maximum atomic E-state index is 12.7. The van der Waals surface area contributed by atoms with E-state index in [2.05, 4.69) is 21.2 Å². The molecule has 2 unspecified atom stereocenters. The summed E-state index contributed by atoms with van der Waals surface area (Å²) in [5, 5.41) is 2.95. The molecule has 1 saturated heterocycles. The second kappa shape index (κ2) is 8.65. The number of hydrogen-bond donors (Lipinski definition) is 3. The van der Waals surface area contributed by atoms with Gasteiger partial charge in [-0.25, -0.2) is 10.4 Å². The van der Waals surface area contributed by atoms with Crippen molar-refractivity contribution in [2.45, 2.75) is 12.6 Å². The fourth-order valence-electron chi connectivity index (χ4n) is 3.22. The van der Waals surface area contributed by atoms with Crippen LogP contribution in [0, 0.1) is 5.92 Å². The van der Waals surface area contributed by atoms with Crippen molar-refractivity contribution in [1.82, 2.24) is 15.8 Å². The molecule has 1 fully saturated rings. The summed E-state index contributed by atoms with van der Waals surface area (Å²) in [5.41, 5.74) is 9.07. The van der Waals surface area contributed by atoms with Gasteiger partial charge in [-0.3, -0.25) is 10.2 Å². The molecule has 2 heterocycles. The van der Waals surface area contributed by atoms with E-state index in [1.165, 1.54) is 0 Å². The van der Waals surface area contributed by atoms with E-state index in [1.54, 1.807) is 18.3 Å². The van der Waals surface area contributed by atoms with Gasteiger partial charge in [-0.15, -0.1) is 0 Å². The van der Waals surface area contributed by atoms with E-state index in [0.717, 1.165) is 11.1 Å². The summed E-state index contributed by atoms with van der Waals surface area (Å²) in [6.45, 7) is 1.02. The Bertz CT molecular complexity index is 901. The van der Waals surface area contributed by atoms with Crippen LogP contribution in [-0.2, 0) is 11.4 Å². The average Bonchev–Trinajstić information content (AvgIpc) is 3.25. The SMILES string of the molecule is O=C(Nc1ccc(OCc2ccccc2)nc1)C1CNNC1c1ccccc1. The third-order valence-electron chi connectivity index (χ3n) is 4.71. The minimum Gasteiger partial charge on any atom is -0.473 e. The third kappa shape index (κ3) is 4.36. The summed E-state index contributed by atoms with van der Waals surface area (Å²) in [6.07, 6.45) is 1.62. The van der Waals surface area contributed by atoms with E-state index in [-0.39, 0.29) is 17.9 Å². The van der Waals surface area contributed by atoms with Crippen LogP contribution >= 0.6 is 0 Å². The van der Waals surface area contributed by atoms with Gasteiger partial charge in [-0.05, 0) is 17.2 Å². The third-order valence-corrected chi connectivity index (χ3v) is 4.71. The highest BCUT2D eigenvalue weighted by molar-refractivity contribution is 5.93. The predicted octanol–water partition coefficient (Wildman–Crippen LogP) is 3.06. The van der Waals surface area contributed by atoms with Gasteiger partial charge in [0.15, 0.2) is 0 Å². The van der Waals surface area contributed by atoms with Crippen molar-refractivity contribution in [1.29, 1.82) is 0 Å². The van der Waals surface area contributed by atoms with Crippen molar-refractivity contribution >= 4 is 11.6 Å². The van der Waals surface area contributed by atoms with Gasteiger partial charge in [0.2, 0.25) is 11.8 Å². The minimum atomic E-state index is -0.212. The number of amides is 1. The number of carbonyl (C=O) groups is 1. The van der Waals surface area contributed by atoms with Crippen molar-refractivity contribution < 1.29 is 9.53 Å². The van der Waals surface area contributed by atoms with E-state index < -0.39 is 0 Å². The molecule has 3 aromatic rings. The summed E-state index contributed by atoms with van der Waals surface area (Å²) in [5.74, 6) is 0.260. The molecule has 1 aliphatic rings. The van der Waals surface area contributed by atoms with Crippen LogP contribution in [0.25, 0.3) is 0 Å².